The topological polar surface area (TPSA) is 59.2 Å². The summed E-state index contributed by atoms with van der Waals surface area (Å²) in [5, 5.41) is 0.00376. The molecule has 0 saturated heterocycles. The average Bonchev–Trinajstić information content (AvgIpc) is 2.39. The number of amides is 1. The number of nitrogens with two attached hydrogens (primary N) is 1. The predicted octanol–water partition coefficient (Wildman–Crippen LogP) is 3.51. The Labute approximate surface area is 126 Å². The Balaban J connectivity index is 3.18. The van der Waals surface area contributed by atoms with Crippen LogP contribution in [0.2, 0.25) is 5.15 Å². The van der Waals surface area contributed by atoms with Gasteiger partial charge in [-0.25, -0.2) is 4.98 Å². The zero-order valence-corrected chi connectivity index (χ0v) is 12.5. The lowest BCUT2D eigenvalue weighted by Gasteiger charge is -2.31. The molecule has 21 heavy (non-hydrogen) atoms. The summed E-state index contributed by atoms with van der Waals surface area (Å²) in [4.78, 5) is 16.9. The van der Waals surface area contributed by atoms with Crippen LogP contribution in [0.25, 0.3) is 0 Å². The molecule has 1 rings (SSSR count). The third-order valence-corrected chi connectivity index (χ3v) is 3.33. The van der Waals surface area contributed by atoms with E-state index in [-0.39, 0.29) is 16.4 Å². The first-order valence-corrected chi connectivity index (χ1v) is 6.86. The summed E-state index contributed by atoms with van der Waals surface area (Å²) in [5.41, 5.74) is 5.56. The highest BCUT2D eigenvalue weighted by Crippen LogP contribution is 2.24. The van der Waals surface area contributed by atoms with Gasteiger partial charge in [0.15, 0.2) is 0 Å². The lowest BCUT2D eigenvalue weighted by Crippen LogP contribution is -2.45. The molecule has 0 aromatic carbocycles. The van der Waals surface area contributed by atoms with Gasteiger partial charge in [-0.15, -0.1) is 0 Å². The van der Waals surface area contributed by atoms with Crippen molar-refractivity contribution in [1.82, 2.24) is 9.88 Å². The molecule has 0 radical (unpaired) electrons. The highest BCUT2D eigenvalue weighted by molar-refractivity contribution is 6.29. The average molecular weight is 324 g/mol. The molecule has 2 N–H and O–H groups in total. The van der Waals surface area contributed by atoms with Crippen molar-refractivity contribution in [3.05, 3.63) is 23.0 Å². The predicted molar refractivity (Wildman–Crippen MR) is 75.1 cm³/mol. The van der Waals surface area contributed by atoms with Gasteiger partial charge in [-0.1, -0.05) is 25.4 Å². The SMILES string of the molecule is CCC(CC)N(CC(F)(F)F)C(=O)c1cc(Cl)ncc1N. The van der Waals surface area contributed by atoms with Crippen molar-refractivity contribution in [3.8, 4) is 0 Å². The fourth-order valence-corrected chi connectivity index (χ4v) is 2.23. The van der Waals surface area contributed by atoms with Crippen LogP contribution in [0.5, 0.6) is 0 Å². The van der Waals surface area contributed by atoms with Gasteiger partial charge in [0.05, 0.1) is 17.4 Å². The Bertz CT molecular complexity index is 504. The highest BCUT2D eigenvalue weighted by atomic mass is 35.5. The van der Waals surface area contributed by atoms with Gasteiger partial charge in [-0.3, -0.25) is 4.79 Å². The maximum atomic E-state index is 12.7. The maximum Gasteiger partial charge on any atom is 0.406 e. The molecule has 1 aromatic heterocycles. The van der Waals surface area contributed by atoms with E-state index in [2.05, 4.69) is 4.98 Å². The Morgan fingerprint density at radius 3 is 2.48 bits per heavy atom. The Kier molecular flexibility index (Phi) is 5.83. The molecule has 0 aliphatic carbocycles. The molecule has 0 atom stereocenters. The quantitative estimate of drug-likeness (QED) is 0.844. The molecular weight excluding hydrogens is 307 g/mol. The highest BCUT2D eigenvalue weighted by Gasteiger charge is 2.36. The number of nitrogen functional groups attached to an aromatic ring is 1. The van der Waals surface area contributed by atoms with Crippen molar-refractivity contribution >= 4 is 23.2 Å². The first kappa shape index (κ1) is 17.6. The van der Waals surface area contributed by atoms with Crippen LogP contribution in [0.3, 0.4) is 0 Å². The number of alkyl halides is 3. The monoisotopic (exact) mass is 323 g/mol. The van der Waals surface area contributed by atoms with Crippen LogP contribution in [0.15, 0.2) is 12.3 Å². The largest absolute Gasteiger partial charge is 0.406 e. The van der Waals surface area contributed by atoms with Crippen LogP contribution in [0.1, 0.15) is 37.0 Å². The molecule has 1 aromatic rings. The molecule has 0 saturated carbocycles. The lowest BCUT2D eigenvalue weighted by atomic mass is 10.1. The van der Waals surface area contributed by atoms with Gasteiger partial charge in [0.1, 0.15) is 11.7 Å². The minimum Gasteiger partial charge on any atom is -0.397 e. The molecule has 0 bridgehead atoms. The standard InChI is InChI=1S/C13H17ClF3N3O/c1-3-8(4-2)20(7-13(15,16)17)12(21)9-5-11(14)19-6-10(9)18/h5-6,8H,3-4,7,18H2,1-2H3. The van der Waals surface area contributed by atoms with E-state index in [9.17, 15) is 18.0 Å². The van der Waals surface area contributed by atoms with Crippen LogP contribution >= 0.6 is 11.6 Å². The van der Waals surface area contributed by atoms with Crippen LogP contribution < -0.4 is 5.73 Å². The Morgan fingerprint density at radius 1 is 1.43 bits per heavy atom. The van der Waals surface area contributed by atoms with Gasteiger partial charge in [0.2, 0.25) is 0 Å². The maximum absolute atomic E-state index is 12.7. The van der Waals surface area contributed by atoms with Crippen molar-refractivity contribution in [2.24, 2.45) is 0 Å². The summed E-state index contributed by atoms with van der Waals surface area (Å²) in [6, 6.07) is 0.663. The molecule has 0 aliphatic heterocycles. The van der Waals surface area contributed by atoms with Crippen LogP contribution in [0, 0.1) is 0 Å². The van der Waals surface area contributed by atoms with Gasteiger partial charge in [0, 0.05) is 6.04 Å². The molecule has 118 valence electrons. The summed E-state index contributed by atoms with van der Waals surface area (Å²) in [7, 11) is 0. The van der Waals surface area contributed by atoms with E-state index < -0.39 is 24.7 Å². The first-order chi connectivity index (χ1) is 9.69. The van der Waals surface area contributed by atoms with E-state index in [0.29, 0.717) is 12.8 Å². The fraction of sp³-hybridized carbons (Fsp3) is 0.538. The number of carbonyl (C=O) groups is 1. The lowest BCUT2D eigenvalue weighted by molar-refractivity contribution is -0.144. The van der Waals surface area contributed by atoms with Crippen molar-refractivity contribution < 1.29 is 18.0 Å². The zero-order chi connectivity index (χ0) is 16.2. The molecule has 0 fully saturated rings. The Morgan fingerprint density at radius 2 is 2.00 bits per heavy atom. The number of pyridine rings is 1. The van der Waals surface area contributed by atoms with E-state index in [0.717, 1.165) is 11.1 Å². The van der Waals surface area contributed by atoms with Crippen molar-refractivity contribution in [1.29, 1.82) is 0 Å². The van der Waals surface area contributed by atoms with E-state index in [1.165, 1.54) is 6.07 Å². The number of hydrogen-bond donors (Lipinski definition) is 1. The van der Waals surface area contributed by atoms with E-state index in [4.69, 9.17) is 17.3 Å². The first-order valence-electron chi connectivity index (χ1n) is 6.48. The van der Waals surface area contributed by atoms with Crippen molar-refractivity contribution in [2.75, 3.05) is 12.3 Å². The van der Waals surface area contributed by atoms with E-state index >= 15 is 0 Å². The molecular formula is C13H17ClF3N3O. The molecule has 0 aliphatic rings. The molecule has 8 heteroatoms. The molecule has 4 nitrogen and oxygen atoms in total. The second kappa shape index (κ2) is 6.98. The summed E-state index contributed by atoms with van der Waals surface area (Å²) in [6.07, 6.45) is -2.49. The number of aromatic nitrogens is 1. The molecule has 1 heterocycles. The molecule has 0 unspecified atom stereocenters. The number of nitrogens with zero attached hydrogens (tertiary/aromatic N) is 2. The van der Waals surface area contributed by atoms with Gasteiger partial charge >= 0.3 is 6.18 Å². The third-order valence-electron chi connectivity index (χ3n) is 3.13. The van der Waals surface area contributed by atoms with Crippen molar-refractivity contribution in [3.63, 3.8) is 0 Å². The number of hydrogen-bond acceptors (Lipinski definition) is 3. The Hall–Kier alpha value is -1.50. The molecule has 0 spiro atoms. The summed E-state index contributed by atoms with van der Waals surface area (Å²) < 4.78 is 38.2. The third kappa shape index (κ3) is 4.77. The second-order valence-corrected chi connectivity index (χ2v) is 5.00. The van der Waals surface area contributed by atoms with Gasteiger partial charge in [-0.2, -0.15) is 13.2 Å². The zero-order valence-electron chi connectivity index (χ0n) is 11.7. The summed E-state index contributed by atoms with van der Waals surface area (Å²) >= 11 is 5.69. The fourth-order valence-electron chi connectivity index (χ4n) is 2.07. The smallest absolute Gasteiger partial charge is 0.397 e. The summed E-state index contributed by atoms with van der Waals surface area (Å²) in [6.45, 7) is 2.14. The van der Waals surface area contributed by atoms with Gasteiger partial charge in [-0.05, 0) is 18.9 Å². The van der Waals surface area contributed by atoms with Crippen LogP contribution in [0.4, 0.5) is 18.9 Å². The van der Waals surface area contributed by atoms with Crippen LogP contribution in [-0.4, -0.2) is 34.6 Å². The summed E-state index contributed by atoms with van der Waals surface area (Å²) in [5.74, 6) is -0.789. The number of carbonyl (C=O) groups excluding carboxylic acids is 1. The van der Waals surface area contributed by atoms with Gasteiger partial charge in [0.25, 0.3) is 5.91 Å². The van der Waals surface area contributed by atoms with Gasteiger partial charge < -0.3 is 10.6 Å². The molecule has 1 amide bonds. The van der Waals surface area contributed by atoms with E-state index in [1.54, 1.807) is 13.8 Å². The number of rotatable bonds is 5. The minimum absolute atomic E-state index is 0.00234. The minimum atomic E-state index is -4.48. The number of anilines is 1. The number of halogens is 4. The van der Waals surface area contributed by atoms with Crippen molar-refractivity contribution in [2.45, 2.75) is 38.9 Å². The van der Waals surface area contributed by atoms with Crippen LogP contribution in [-0.2, 0) is 0 Å². The normalized spacial score (nSPS) is 11.8. The second-order valence-electron chi connectivity index (χ2n) is 4.61. The van der Waals surface area contributed by atoms with E-state index in [1.807, 2.05) is 0 Å².